The Kier molecular flexibility index (Phi) is 5.80. The fourth-order valence-electron chi connectivity index (χ4n) is 2.93. The van der Waals surface area contributed by atoms with Crippen molar-refractivity contribution in [2.75, 3.05) is 0 Å². The van der Waals surface area contributed by atoms with Crippen LogP contribution in [0.2, 0.25) is 0 Å². The molecule has 0 aliphatic heterocycles. The fourth-order valence-corrected chi connectivity index (χ4v) is 4.01. The predicted molar refractivity (Wildman–Crippen MR) is 107 cm³/mol. The van der Waals surface area contributed by atoms with Gasteiger partial charge in [0.15, 0.2) is 0 Å². The lowest BCUT2D eigenvalue weighted by atomic mass is 10.1. The Morgan fingerprint density at radius 2 is 1.90 bits per heavy atom. The number of hydrogen-bond donors (Lipinski definition) is 1. The monoisotopic (exact) mass is 436 g/mol. The normalized spacial score (nSPS) is 11.6. The summed E-state index contributed by atoms with van der Waals surface area (Å²) < 4.78 is 39.8. The van der Waals surface area contributed by atoms with E-state index in [0.717, 1.165) is 23.5 Å². The van der Waals surface area contributed by atoms with E-state index in [2.05, 4.69) is 15.4 Å². The maximum absolute atomic E-state index is 12.8. The summed E-state index contributed by atoms with van der Waals surface area (Å²) in [4.78, 5) is 29.8. The highest BCUT2D eigenvalue weighted by Crippen LogP contribution is 2.30. The zero-order chi connectivity index (χ0) is 22.2. The molecule has 0 atom stereocenters. The summed E-state index contributed by atoms with van der Waals surface area (Å²) in [6.45, 7) is 5.13. The Bertz CT molecular complexity index is 1180. The van der Waals surface area contributed by atoms with Crippen molar-refractivity contribution >= 4 is 17.2 Å². The molecule has 3 rings (SSSR count). The zero-order valence-corrected chi connectivity index (χ0v) is 17.5. The summed E-state index contributed by atoms with van der Waals surface area (Å²) >= 11 is 1.06. The van der Waals surface area contributed by atoms with Crippen molar-refractivity contribution in [3.8, 4) is 10.6 Å². The molecule has 30 heavy (non-hydrogen) atoms. The number of aromatic nitrogens is 3. The molecule has 2 aromatic heterocycles. The van der Waals surface area contributed by atoms with E-state index >= 15 is 0 Å². The van der Waals surface area contributed by atoms with E-state index in [1.807, 2.05) is 0 Å². The fraction of sp³-hybridized carbons (Fsp3) is 0.300. The lowest BCUT2D eigenvalue weighted by molar-refractivity contribution is -0.137. The first-order valence-corrected chi connectivity index (χ1v) is 9.77. The van der Waals surface area contributed by atoms with Crippen LogP contribution in [0.3, 0.4) is 0 Å². The van der Waals surface area contributed by atoms with E-state index in [1.54, 1.807) is 27.8 Å². The number of benzene rings is 1. The lowest BCUT2D eigenvalue weighted by Crippen LogP contribution is -2.23. The van der Waals surface area contributed by atoms with Gasteiger partial charge < -0.3 is 5.32 Å². The van der Waals surface area contributed by atoms with Crippen LogP contribution >= 0.6 is 11.3 Å². The molecule has 2 heterocycles. The minimum absolute atomic E-state index is 0.0649. The number of alkyl halides is 3. The van der Waals surface area contributed by atoms with E-state index in [0.29, 0.717) is 38.0 Å². The van der Waals surface area contributed by atoms with Gasteiger partial charge in [-0.2, -0.15) is 18.3 Å². The number of nitrogens with zero attached hydrogens (tertiary/aromatic N) is 3. The molecule has 0 aliphatic carbocycles. The molecule has 0 spiro atoms. The number of carbonyl (C=O) groups is 1. The van der Waals surface area contributed by atoms with Gasteiger partial charge in [0, 0.05) is 13.6 Å². The second-order valence-electron chi connectivity index (χ2n) is 6.83. The summed E-state index contributed by atoms with van der Waals surface area (Å²) in [7, 11) is 1.54. The van der Waals surface area contributed by atoms with Crippen molar-refractivity contribution in [1.82, 2.24) is 20.1 Å². The Morgan fingerprint density at radius 1 is 1.20 bits per heavy atom. The maximum Gasteiger partial charge on any atom is 0.416 e. The summed E-state index contributed by atoms with van der Waals surface area (Å²) in [5.41, 5.74) is 1.42. The van der Waals surface area contributed by atoms with Crippen LogP contribution in [-0.4, -0.2) is 20.7 Å². The molecule has 0 saturated heterocycles. The van der Waals surface area contributed by atoms with E-state index in [9.17, 15) is 22.8 Å². The predicted octanol–water partition coefficient (Wildman–Crippen LogP) is 3.78. The van der Waals surface area contributed by atoms with Gasteiger partial charge in [-0.3, -0.25) is 9.59 Å². The van der Waals surface area contributed by atoms with Crippen LogP contribution < -0.4 is 10.9 Å². The van der Waals surface area contributed by atoms with Crippen LogP contribution in [0.1, 0.15) is 37.7 Å². The number of aryl methyl sites for hydroxylation is 3. The quantitative estimate of drug-likeness (QED) is 0.675. The van der Waals surface area contributed by atoms with Crippen molar-refractivity contribution in [3.05, 3.63) is 67.6 Å². The Hall–Kier alpha value is -3.01. The molecule has 10 heteroatoms. The van der Waals surface area contributed by atoms with E-state index < -0.39 is 17.6 Å². The van der Waals surface area contributed by atoms with E-state index in [4.69, 9.17) is 0 Å². The first-order chi connectivity index (χ1) is 14.0. The summed E-state index contributed by atoms with van der Waals surface area (Å²) in [6.07, 6.45) is -4.45. The molecular formula is C20H19F3N4O2S. The highest BCUT2D eigenvalue weighted by atomic mass is 32.1. The van der Waals surface area contributed by atoms with Gasteiger partial charge in [0.2, 0.25) is 0 Å². The van der Waals surface area contributed by atoms with Crippen molar-refractivity contribution < 1.29 is 18.0 Å². The Labute approximate surface area is 174 Å². The second-order valence-corrected chi connectivity index (χ2v) is 7.83. The molecule has 1 aromatic carbocycles. The zero-order valence-electron chi connectivity index (χ0n) is 16.7. The van der Waals surface area contributed by atoms with Crippen molar-refractivity contribution in [2.45, 2.75) is 33.5 Å². The van der Waals surface area contributed by atoms with Gasteiger partial charge in [0.25, 0.3) is 11.5 Å². The number of nitrogens with one attached hydrogen (secondary N) is 1. The molecule has 0 fully saturated rings. The second kappa shape index (κ2) is 8.02. The largest absolute Gasteiger partial charge is 0.416 e. The molecule has 0 bridgehead atoms. The molecular weight excluding hydrogens is 417 g/mol. The first kappa shape index (κ1) is 21.7. The number of rotatable bonds is 4. The van der Waals surface area contributed by atoms with Crippen LogP contribution in [-0.2, 0) is 19.8 Å². The third-order valence-corrected chi connectivity index (χ3v) is 5.82. The standard InChI is InChI=1S/C20H19F3N4O2S/c1-10-11(2)26-27(4)19(29)15(10)18-25-12(3)16(30-18)17(28)24-9-13-6-5-7-14(8-13)20(21,22)23/h5-8H,9H2,1-4H3,(H,24,28). The lowest BCUT2D eigenvalue weighted by Gasteiger charge is -2.09. The number of carbonyl (C=O) groups excluding carboxylic acids is 1. The molecule has 1 amide bonds. The molecule has 158 valence electrons. The van der Waals surface area contributed by atoms with Crippen LogP contribution in [0.4, 0.5) is 13.2 Å². The van der Waals surface area contributed by atoms with Gasteiger partial charge >= 0.3 is 6.18 Å². The van der Waals surface area contributed by atoms with Crippen molar-refractivity contribution in [2.24, 2.45) is 7.05 Å². The summed E-state index contributed by atoms with van der Waals surface area (Å²) in [5.74, 6) is -0.464. The van der Waals surface area contributed by atoms with Gasteiger partial charge in [0.1, 0.15) is 9.88 Å². The third kappa shape index (κ3) is 4.28. The van der Waals surface area contributed by atoms with Gasteiger partial charge in [-0.05, 0) is 44.0 Å². The van der Waals surface area contributed by atoms with Gasteiger partial charge in [0.05, 0.1) is 22.5 Å². The Morgan fingerprint density at radius 3 is 2.57 bits per heavy atom. The molecule has 3 aromatic rings. The molecule has 1 N–H and O–H groups in total. The molecule has 0 unspecified atom stereocenters. The smallest absolute Gasteiger partial charge is 0.347 e. The number of halogens is 3. The van der Waals surface area contributed by atoms with E-state index in [-0.39, 0.29) is 12.1 Å². The van der Waals surface area contributed by atoms with E-state index in [1.165, 1.54) is 16.8 Å². The summed E-state index contributed by atoms with van der Waals surface area (Å²) in [5, 5.41) is 7.16. The van der Waals surface area contributed by atoms with Crippen LogP contribution in [0.5, 0.6) is 0 Å². The van der Waals surface area contributed by atoms with Gasteiger partial charge in [-0.25, -0.2) is 9.67 Å². The minimum Gasteiger partial charge on any atom is -0.347 e. The molecule has 0 saturated carbocycles. The average molecular weight is 436 g/mol. The van der Waals surface area contributed by atoms with Crippen LogP contribution in [0.25, 0.3) is 10.6 Å². The van der Waals surface area contributed by atoms with Gasteiger partial charge in [-0.1, -0.05) is 12.1 Å². The van der Waals surface area contributed by atoms with Crippen molar-refractivity contribution in [1.29, 1.82) is 0 Å². The minimum atomic E-state index is -4.45. The maximum atomic E-state index is 12.8. The van der Waals surface area contributed by atoms with Gasteiger partial charge in [-0.15, -0.1) is 11.3 Å². The molecule has 0 aliphatic rings. The molecule has 0 radical (unpaired) electrons. The number of hydrogen-bond acceptors (Lipinski definition) is 5. The highest BCUT2D eigenvalue weighted by Gasteiger charge is 2.30. The summed E-state index contributed by atoms with van der Waals surface area (Å²) in [6, 6.07) is 4.78. The third-order valence-electron chi connectivity index (χ3n) is 4.65. The number of amides is 1. The highest BCUT2D eigenvalue weighted by molar-refractivity contribution is 7.17. The van der Waals surface area contributed by atoms with Crippen LogP contribution in [0, 0.1) is 20.8 Å². The van der Waals surface area contributed by atoms with Crippen LogP contribution in [0.15, 0.2) is 29.1 Å². The topological polar surface area (TPSA) is 76.9 Å². The SMILES string of the molecule is Cc1nc(-c2c(C)c(C)nn(C)c2=O)sc1C(=O)NCc1cccc(C(F)(F)F)c1. The van der Waals surface area contributed by atoms with Crippen molar-refractivity contribution in [3.63, 3.8) is 0 Å². The number of thiazole rings is 1. The first-order valence-electron chi connectivity index (χ1n) is 8.95. The Balaban J connectivity index is 1.85. The molecule has 6 nitrogen and oxygen atoms in total. The average Bonchev–Trinajstić information content (AvgIpc) is 3.05.